The molecule has 1 aliphatic heterocycles. The van der Waals surface area contributed by atoms with E-state index in [2.05, 4.69) is 0 Å². The van der Waals surface area contributed by atoms with Crippen LogP contribution >= 0.6 is 19.0 Å². The molecule has 1 heterocycles. The van der Waals surface area contributed by atoms with Crippen molar-refractivity contribution in [2.24, 2.45) is 0 Å². The Hall–Kier alpha value is -0.460. The molecule has 2 rings (SSSR count). The Kier molecular flexibility index (Phi) is 1.67. The van der Waals surface area contributed by atoms with Gasteiger partial charge in [-0.3, -0.25) is 0 Å². The van der Waals surface area contributed by atoms with Crippen LogP contribution in [-0.4, -0.2) is 0 Å². The van der Waals surface area contributed by atoms with E-state index in [4.69, 9.17) is 20.3 Å². The highest BCUT2D eigenvalue weighted by atomic mass is 35.7. The average Bonchev–Trinajstić information content (AvgIpc) is 2.31. The smallest absolute Gasteiger partial charge is 0.401 e. The van der Waals surface area contributed by atoms with Crippen molar-refractivity contribution in [3.8, 4) is 11.5 Å². The molecule has 0 saturated heterocycles. The standard InChI is InChI=1S/C7H6ClO2P/c1-5-3-2-4-6-7(5)10-11(8)9-6/h2-4H,1H3. The number of benzene rings is 1. The van der Waals surface area contributed by atoms with Crippen molar-refractivity contribution in [3.63, 3.8) is 0 Å². The maximum absolute atomic E-state index is 5.67. The number of hydrogen-bond donors (Lipinski definition) is 0. The van der Waals surface area contributed by atoms with E-state index in [1.54, 1.807) is 0 Å². The highest BCUT2D eigenvalue weighted by Crippen LogP contribution is 2.56. The fraction of sp³-hybridized carbons (Fsp3) is 0.143. The van der Waals surface area contributed by atoms with Gasteiger partial charge in [-0.25, -0.2) is 0 Å². The van der Waals surface area contributed by atoms with Gasteiger partial charge in [-0.15, -0.1) is 0 Å². The van der Waals surface area contributed by atoms with Crippen LogP contribution in [0.5, 0.6) is 11.5 Å². The molecule has 1 unspecified atom stereocenters. The molecule has 1 atom stereocenters. The molecular formula is C7H6ClO2P. The second-order valence-corrected chi connectivity index (χ2v) is 3.92. The monoisotopic (exact) mass is 188 g/mol. The van der Waals surface area contributed by atoms with Crippen LogP contribution in [0.2, 0.25) is 0 Å². The highest BCUT2D eigenvalue weighted by molar-refractivity contribution is 7.76. The minimum Gasteiger partial charge on any atom is -0.423 e. The first-order valence-corrected chi connectivity index (χ1v) is 5.27. The largest absolute Gasteiger partial charge is 0.423 e. The Labute approximate surface area is 70.8 Å². The summed E-state index contributed by atoms with van der Waals surface area (Å²) in [6.07, 6.45) is 0. The van der Waals surface area contributed by atoms with Crippen LogP contribution in [0.25, 0.3) is 0 Å². The summed E-state index contributed by atoms with van der Waals surface area (Å²) in [5, 5.41) is 0. The molecule has 0 N–H and O–H groups in total. The SMILES string of the molecule is Cc1cccc2c1OP(Cl)O2. The molecule has 0 saturated carbocycles. The van der Waals surface area contributed by atoms with E-state index in [0.29, 0.717) is 0 Å². The third-order valence-corrected chi connectivity index (χ3v) is 2.59. The third kappa shape index (κ3) is 1.17. The number of halogens is 1. The Bertz CT molecular complexity index is 290. The van der Waals surface area contributed by atoms with E-state index < -0.39 is 7.73 Å². The fourth-order valence-corrected chi connectivity index (χ4v) is 2.13. The van der Waals surface area contributed by atoms with E-state index in [1.165, 1.54) is 0 Å². The van der Waals surface area contributed by atoms with Gasteiger partial charge in [-0.05, 0) is 29.8 Å². The van der Waals surface area contributed by atoms with E-state index >= 15 is 0 Å². The van der Waals surface area contributed by atoms with Crippen LogP contribution in [0.3, 0.4) is 0 Å². The van der Waals surface area contributed by atoms with E-state index in [9.17, 15) is 0 Å². The van der Waals surface area contributed by atoms with Crippen molar-refractivity contribution in [3.05, 3.63) is 23.8 Å². The Morgan fingerprint density at radius 3 is 2.91 bits per heavy atom. The number of hydrogen-bond acceptors (Lipinski definition) is 2. The van der Waals surface area contributed by atoms with Gasteiger partial charge in [0.25, 0.3) is 0 Å². The lowest BCUT2D eigenvalue weighted by molar-refractivity contribution is 0.593. The van der Waals surface area contributed by atoms with Crippen molar-refractivity contribution in [2.75, 3.05) is 0 Å². The van der Waals surface area contributed by atoms with Gasteiger partial charge >= 0.3 is 7.73 Å². The molecule has 1 aromatic rings. The summed E-state index contributed by atoms with van der Waals surface area (Å²) in [4.78, 5) is 0. The molecule has 0 radical (unpaired) electrons. The summed E-state index contributed by atoms with van der Waals surface area (Å²) in [5.74, 6) is 1.54. The number of aryl methyl sites for hydroxylation is 1. The van der Waals surface area contributed by atoms with Gasteiger partial charge in [0.2, 0.25) is 0 Å². The topological polar surface area (TPSA) is 18.5 Å². The van der Waals surface area contributed by atoms with Crippen LogP contribution in [0.4, 0.5) is 0 Å². The molecule has 0 aliphatic carbocycles. The molecule has 1 aliphatic rings. The predicted octanol–water partition coefficient (Wildman–Crippen LogP) is 3.23. The molecule has 0 aromatic heterocycles. The maximum Gasteiger partial charge on any atom is 0.401 e. The van der Waals surface area contributed by atoms with Crippen molar-refractivity contribution >= 4 is 19.0 Å². The van der Waals surface area contributed by atoms with Gasteiger partial charge in [0.1, 0.15) is 0 Å². The molecule has 11 heavy (non-hydrogen) atoms. The summed E-state index contributed by atoms with van der Waals surface area (Å²) in [6.45, 7) is 1.97. The van der Waals surface area contributed by atoms with Gasteiger partial charge in [-0.2, -0.15) is 0 Å². The van der Waals surface area contributed by atoms with Crippen molar-refractivity contribution in [1.82, 2.24) is 0 Å². The molecule has 0 amide bonds. The van der Waals surface area contributed by atoms with Crippen LogP contribution in [-0.2, 0) is 0 Å². The summed E-state index contributed by atoms with van der Waals surface area (Å²) in [6, 6.07) is 5.74. The predicted molar refractivity (Wildman–Crippen MR) is 45.2 cm³/mol. The van der Waals surface area contributed by atoms with Crippen molar-refractivity contribution in [2.45, 2.75) is 6.92 Å². The van der Waals surface area contributed by atoms with Crippen molar-refractivity contribution in [1.29, 1.82) is 0 Å². The molecule has 0 bridgehead atoms. The van der Waals surface area contributed by atoms with E-state index in [1.807, 2.05) is 25.1 Å². The Morgan fingerprint density at radius 1 is 1.36 bits per heavy atom. The molecule has 0 spiro atoms. The number of rotatable bonds is 0. The first kappa shape index (κ1) is 7.20. The molecular weight excluding hydrogens is 183 g/mol. The Balaban J connectivity index is 2.49. The lowest BCUT2D eigenvalue weighted by Gasteiger charge is -1.97. The second-order valence-electron chi connectivity index (χ2n) is 2.30. The fourth-order valence-electron chi connectivity index (χ4n) is 0.982. The zero-order chi connectivity index (χ0) is 7.84. The molecule has 0 fully saturated rings. The lowest BCUT2D eigenvalue weighted by Crippen LogP contribution is -1.76. The summed E-state index contributed by atoms with van der Waals surface area (Å²) < 4.78 is 10.4. The normalized spacial score (nSPS) is 20.4. The average molecular weight is 189 g/mol. The first-order chi connectivity index (χ1) is 5.27. The summed E-state index contributed by atoms with van der Waals surface area (Å²) in [5.41, 5.74) is 1.06. The molecule has 4 heteroatoms. The number of para-hydroxylation sites is 1. The first-order valence-electron chi connectivity index (χ1n) is 3.19. The molecule has 1 aromatic carbocycles. The van der Waals surface area contributed by atoms with Gasteiger partial charge in [0, 0.05) is 0 Å². The Morgan fingerprint density at radius 2 is 2.18 bits per heavy atom. The van der Waals surface area contributed by atoms with Crippen LogP contribution in [0, 0.1) is 6.92 Å². The summed E-state index contributed by atoms with van der Waals surface area (Å²) in [7, 11) is -1.24. The minimum absolute atomic E-state index is 0.756. The highest BCUT2D eigenvalue weighted by Gasteiger charge is 2.24. The van der Waals surface area contributed by atoms with Gasteiger partial charge in [0.05, 0.1) is 0 Å². The molecule has 58 valence electrons. The number of fused-ring (bicyclic) bond motifs is 1. The molecule has 2 nitrogen and oxygen atoms in total. The van der Waals surface area contributed by atoms with Crippen molar-refractivity contribution < 1.29 is 9.05 Å². The zero-order valence-electron chi connectivity index (χ0n) is 5.87. The van der Waals surface area contributed by atoms with Crippen LogP contribution in [0.1, 0.15) is 5.56 Å². The maximum atomic E-state index is 5.67. The van der Waals surface area contributed by atoms with Crippen LogP contribution in [0.15, 0.2) is 18.2 Å². The minimum atomic E-state index is -1.24. The quantitative estimate of drug-likeness (QED) is 0.582. The second kappa shape index (κ2) is 2.54. The van der Waals surface area contributed by atoms with Gasteiger partial charge in [-0.1, -0.05) is 12.1 Å². The zero-order valence-corrected chi connectivity index (χ0v) is 7.52. The van der Waals surface area contributed by atoms with Gasteiger partial charge in [0.15, 0.2) is 11.5 Å². The van der Waals surface area contributed by atoms with Crippen LogP contribution < -0.4 is 9.05 Å². The summed E-state index contributed by atoms with van der Waals surface area (Å²) >= 11 is 5.67. The third-order valence-electron chi connectivity index (χ3n) is 1.51. The van der Waals surface area contributed by atoms with E-state index in [0.717, 1.165) is 17.1 Å². The van der Waals surface area contributed by atoms with E-state index in [-0.39, 0.29) is 0 Å². The lowest BCUT2D eigenvalue weighted by atomic mass is 10.2. The van der Waals surface area contributed by atoms with Gasteiger partial charge < -0.3 is 9.05 Å².